The van der Waals surface area contributed by atoms with Crippen molar-refractivity contribution in [3.63, 3.8) is 0 Å². The van der Waals surface area contributed by atoms with E-state index in [1.165, 1.54) is 26.3 Å². The second kappa shape index (κ2) is 12.3. The van der Waals surface area contributed by atoms with Crippen LogP contribution in [0.3, 0.4) is 0 Å². The van der Waals surface area contributed by atoms with Gasteiger partial charge in [-0.3, -0.25) is 19.2 Å². The van der Waals surface area contributed by atoms with Crippen molar-refractivity contribution in [2.75, 3.05) is 13.7 Å². The van der Waals surface area contributed by atoms with Gasteiger partial charge in [0, 0.05) is 18.7 Å². The first kappa shape index (κ1) is 27.6. The fourth-order valence-electron chi connectivity index (χ4n) is 3.95. The molecule has 0 saturated carbocycles. The number of benzene rings is 1. The Bertz CT molecular complexity index is 1130. The number of pyridine rings is 1. The lowest BCUT2D eigenvalue weighted by molar-refractivity contribution is -0.177. The largest absolute Gasteiger partial charge is 0.503 e. The van der Waals surface area contributed by atoms with E-state index in [2.05, 4.69) is 4.98 Å². The first-order valence-electron chi connectivity index (χ1n) is 12.0. The van der Waals surface area contributed by atoms with Gasteiger partial charge in [0.05, 0.1) is 18.9 Å². The summed E-state index contributed by atoms with van der Waals surface area (Å²) in [4.78, 5) is 55.5. The van der Waals surface area contributed by atoms with Crippen LogP contribution in [0.4, 0.5) is 0 Å². The van der Waals surface area contributed by atoms with Crippen LogP contribution in [0.25, 0.3) is 0 Å². The van der Waals surface area contributed by atoms with Crippen LogP contribution in [0.15, 0.2) is 42.6 Å². The molecule has 10 nitrogen and oxygen atoms in total. The molecule has 0 aliphatic carbocycles. The van der Waals surface area contributed by atoms with Crippen LogP contribution in [0.5, 0.6) is 11.5 Å². The Morgan fingerprint density at radius 1 is 1.14 bits per heavy atom. The third kappa shape index (κ3) is 6.84. The van der Waals surface area contributed by atoms with E-state index in [4.69, 9.17) is 18.9 Å². The third-order valence-corrected chi connectivity index (χ3v) is 6.05. The van der Waals surface area contributed by atoms with Crippen molar-refractivity contribution < 1.29 is 43.2 Å². The molecule has 1 saturated heterocycles. The first-order chi connectivity index (χ1) is 17.6. The van der Waals surface area contributed by atoms with E-state index < -0.39 is 72.4 Å². The number of esters is 3. The van der Waals surface area contributed by atoms with Gasteiger partial charge in [-0.05, 0) is 18.9 Å². The summed E-state index contributed by atoms with van der Waals surface area (Å²) in [7, 11) is 1.33. The number of ether oxygens (including phenoxy) is 4. The number of hydrogen-bond acceptors (Lipinski definition) is 10. The van der Waals surface area contributed by atoms with Crippen molar-refractivity contribution in [1.82, 2.24) is 4.98 Å². The number of cyclic esters (lactones) is 2. The summed E-state index contributed by atoms with van der Waals surface area (Å²) in [6.45, 7) is 4.41. The summed E-state index contributed by atoms with van der Waals surface area (Å²) in [6.07, 6.45) is -1.08. The maximum Gasteiger partial charge on any atom is 0.313 e. The first-order valence-corrected chi connectivity index (χ1v) is 12.0. The SMILES string of the molecule is COc1ccnc(C(=O)CC2COC(=O)[C@H](Cc3ccccc3)[C@@H](OC(=O)C(C)C)[C@H](C)OC2=O)c1O. The molecule has 198 valence electrons. The van der Waals surface area contributed by atoms with Crippen LogP contribution in [0.1, 0.15) is 43.2 Å². The third-order valence-electron chi connectivity index (χ3n) is 6.05. The van der Waals surface area contributed by atoms with Gasteiger partial charge < -0.3 is 24.1 Å². The molecular formula is C27H31NO9. The molecule has 3 rings (SSSR count). The van der Waals surface area contributed by atoms with Crippen molar-refractivity contribution in [2.45, 2.75) is 45.8 Å². The highest BCUT2D eigenvalue weighted by atomic mass is 16.6. The zero-order chi connectivity index (χ0) is 27.1. The molecule has 2 aromatic rings. The number of nitrogens with zero attached hydrogens (tertiary/aromatic N) is 1. The molecule has 4 atom stereocenters. The van der Waals surface area contributed by atoms with Crippen LogP contribution in [0.2, 0.25) is 0 Å². The summed E-state index contributed by atoms with van der Waals surface area (Å²) in [5.41, 5.74) is 0.524. The number of Topliss-reactive ketones (excluding diaryl/α,β-unsaturated/α-hetero) is 1. The van der Waals surface area contributed by atoms with Crippen LogP contribution in [-0.4, -0.2) is 59.7 Å². The van der Waals surface area contributed by atoms with Crippen molar-refractivity contribution >= 4 is 23.7 Å². The Morgan fingerprint density at radius 3 is 2.49 bits per heavy atom. The van der Waals surface area contributed by atoms with Gasteiger partial charge in [-0.15, -0.1) is 0 Å². The van der Waals surface area contributed by atoms with Crippen molar-refractivity contribution in [3.05, 3.63) is 53.9 Å². The molecule has 37 heavy (non-hydrogen) atoms. The zero-order valence-corrected chi connectivity index (χ0v) is 21.2. The van der Waals surface area contributed by atoms with Crippen LogP contribution >= 0.6 is 0 Å². The van der Waals surface area contributed by atoms with Gasteiger partial charge in [0.25, 0.3) is 0 Å². The van der Waals surface area contributed by atoms with Gasteiger partial charge in [-0.2, -0.15) is 0 Å². The van der Waals surface area contributed by atoms with E-state index in [1.807, 2.05) is 30.3 Å². The topological polar surface area (TPSA) is 138 Å². The highest BCUT2D eigenvalue weighted by molar-refractivity contribution is 5.99. The minimum atomic E-state index is -1.16. The van der Waals surface area contributed by atoms with E-state index in [0.29, 0.717) is 0 Å². The Hall–Kier alpha value is -3.95. The Morgan fingerprint density at radius 2 is 1.84 bits per heavy atom. The number of aromatic nitrogens is 1. The molecule has 1 aromatic heterocycles. The molecule has 2 heterocycles. The number of aromatic hydroxyl groups is 1. The quantitative estimate of drug-likeness (QED) is 0.318. The molecule has 1 aliphatic rings. The van der Waals surface area contributed by atoms with Gasteiger partial charge in [0.15, 0.2) is 29.1 Å². The molecule has 0 radical (unpaired) electrons. The Labute approximate surface area is 214 Å². The fraction of sp³-hybridized carbons (Fsp3) is 0.444. The number of carbonyl (C=O) groups is 4. The molecule has 1 aliphatic heterocycles. The monoisotopic (exact) mass is 513 g/mol. The number of carbonyl (C=O) groups excluding carboxylic acids is 4. The standard InChI is InChI=1S/C27H31NO9/c1-15(2)25(31)37-24-16(3)36-26(32)18(13-20(29)22-23(30)21(34-4)10-11-28-22)14-35-27(33)19(24)12-17-8-6-5-7-9-17/h5-11,15-16,18-19,24,30H,12-14H2,1-4H3/t16-,18?,19+,24-/m0/s1. The average molecular weight is 514 g/mol. The van der Waals surface area contributed by atoms with E-state index in [0.717, 1.165) is 5.56 Å². The van der Waals surface area contributed by atoms with Crippen LogP contribution in [0, 0.1) is 17.8 Å². The van der Waals surface area contributed by atoms with E-state index in [1.54, 1.807) is 13.8 Å². The van der Waals surface area contributed by atoms with Crippen LogP contribution < -0.4 is 4.74 Å². The lowest BCUT2D eigenvalue weighted by atomic mass is 9.91. The van der Waals surface area contributed by atoms with E-state index >= 15 is 0 Å². The number of rotatable bonds is 8. The van der Waals surface area contributed by atoms with Gasteiger partial charge in [0.2, 0.25) is 0 Å². The van der Waals surface area contributed by atoms with Crippen molar-refractivity contribution in [1.29, 1.82) is 0 Å². The predicted molar refractivity (Wildman–Crippen MR) is 130 cm³/mol. The fourth-order valence-corrected chi connectivity index (χ4v) is 3.95. The summed E-state index contributed by atoms with van der Waals surface area (Å²) in [5, 5.41) is 10.3. The summed E-state index contributed by atoms with van der Waals surface area (Å²) >= 11 is 0. The molecule has 1 fully saturated rings. The number of methoxy groups -OCH3 is 1. The van der Waals surface area contributed by atoms with E-state index in [9.17, 15) is 24.3 Å². The smallest absolute Gasteiger partial charge is 0.313 e. The molecule has 0 spiro atoms. The van der Waals surface area contributed by atoms with Crippen LogP contribution in [-0.2, 0) is 35.0 Å². The Kier molecular flexibility index (Phi) is 9.21. The number of ketones is 1. The van der Waals surface area contributed by atoms with Crippen molar-refractivity contribution in [3.8, 4) is 11.5 Å². The molecule has 10 heteroatoms. The highest BCUT2D eigenvalue weighted by Crippen LogP contribution is 2.30. The maximum absolute atomic E-state index is 13.2. The summed E-state index contributed by atoms with van der Waals surface area (Å²) in [6, 6.07) is 10.5. The van der Waals surface area contributed by atoms with Gasteiger partial charge in [-0.25, -0.2) is 4.98 Å². The minimum absolute atomic E-state index is 0.0500. The zero-order valence-electron chi connectivity index (χ0n) is 21.2. The lowest BCUT2D eigenvalue weighted by Crippen LogP contribution is -2.43. The van der Waals surface area contributed by atoms with E-state index in [-0.39, 0.29) is 17.9 Å². The molecule has 1 unspecified atom stereocenters. The molecule has 0 bridgehead atoms. The van der Waals surface area contributed by atoms with Gasteiger partial charge >= 0.3 is 17.9 Å². The average Bonchev–Trinajstić information content (AvgIpc) is 2.91. The second-order valence-corrected chi connectivity index (χ2v) is 9.16. The predicted octanol–water partition coefficient (Wildman–Crippen LogP) is 2.90. The second-order valence-electron chi connectivity index (χ2n) is 9.16. The van der Waals surface area contributed by atoms with Gasteiger partial charge in [0.1, 0.15) is 18.6 Å². The maximum atomic E-state index is 13.2. The highest BCUT2D eigenvalue weighted by Gasteiger charge is 2.42. The molecular weight excluding hydrogens is 482 g/mol. The summed E-state index contributed by atoms with van der Waals surface area (Å²) in [5.74, 6) is -5.70. The molecule has 1 N–H and O–H groups in total. The minimum Gasteiger partial charge on any atom is -0.503 e. The Balaban J connectivity index is 1.87. The molecule has 0 amide bonds. The van der Waals surface area contributed by atoms with Gasteiger partial charge in [-0.1, -0.05) is 44.2 Å². The lowest BCUT2D eigenvalue weighted by Gasteiger charge is -2.29. The number of hydrogen-bond donors (Lipinski definition) is 1. The normalized spacial score (nSPS) is 22.2. The van der Waals surface area contributed by atoms with Crippen molar-refractivity contribution in [2.24, 2.45) is 17.8 Å². The summed E-state index contributed by atoms with van der Waals surface area (Å²) < 4.78 is 21.7. The molecule has 1 aromatic carbocycles.